The Hall–Kier alpha value is -1.67. The summed E-state index contributed by atoms with van der Waals surface area (Å²) in [5.41, 5.74) is 11.2. The number of nitrogens with zero attached hydrogens (tertiary/aromatic N) is 3. The highest BCUT2D eigenvalue weighted by molar-refractivity contribution is 7.60. The molecule has 0 bridgehead atoms. The largest absolute Gasteiger partial charge is 0.481 e. The monoisotopic (exact) mass is 426 g/mol. The van der Waals surface area contributed by atoms with Crippen molar-refractivity contribution in [2.75, 3.05) is 12.3 Å². The number of imidazole rings is 1. The van der Waals surface area contributed by atoms with Gasteiger partial charge < -0.3 is 25.2 Å². The van der Waals surface area contributed by atoms with Gasteiger partial charge in [0, 0.05) is 6.42 Å². The molecule has 27 heavy (non-hydrogen) atoms. The number of ether oxygens (including phenoxy) is 1. The first-order chi connectivity index (χ1) is 12.4. The van der Waals surface area contributed by atoms with Gasteiger partial charge in [0.1, 0.15) is 6.33 Å². The molecule has 1 saturated heterocycles. The molecule has 1 aliphatic rings. The number of aromatic nitrogens is 4. The van der Waals surface area contributed by atoms with Crippen LogP contribution in [0.4, 0.5) is 5.95 Å². The van der Waals surface area contributed by atoms with E-state index < -0.39 is 39.8 Å². The highest BCUT2D eigenvalue weighted by Gasteiger charge is 2.42. The zero-order chi connectivity index (χ0) is 20.0. The minimum absolute atomic E-state index is 0.00720. The molecule has 17 heteroatoms. The third kappa shape index (κ3) is 4.43. The third-order valence-electron chi connectivity index (χ3n) is 3.66. The summed E-state index contributed by atoms with van der Waals surface area (Å²) < 4.78 is 37.2. The fourth-order valence-corrected chi connectivity index (χ4v) is 4.23. The quantitative estimate of drug-likeness (QED) is 0.294. The second-order valence-corrected chi connectivity index (χ2v) is 8.53. The van der Waals surface area contributed by atoms with E-state index in [1.54, 1.807) is 0 Å². The van der Waals surface area contributed by atoms with Crippen molar-refractivity contribution in [3.8, 4) is 0 Å². The van der Waals surface area contributed by atoms with Crippen LogP contribution in [0.25, 0.3) is 11.2 Å². The molecule has 0 saturated carbocycles. The van der Waals surface area contributed by atoms with Crippen molar-refractivity contribution in [2.45, 2.75) is 24.8 Å². The minimum Gasteiger partial charge on any atom is -0.369 e. The fraction of sp³-hybridized carbons (Fsp3) is 0.500. The van der Waals surface area contributed by atoms with Crippen molar-refractivity contribution in [3.63, 3.8) is 0 Å². The van der Waals surface area contributed by atoms with Crippen molar-refractivity contribution in [1.82, 2.24) is 19.5 Å². The molecule has 0 aliphatic carbocycles. The highest BCUT2D eigenvalue weighted by Crippen LogP contribution is 2.57. The summed E-state index contributed by atoms with van der Waals surface area (Å²) in [5.74, 6) is -1.65. The standard InChI is InChI=1S/C10H16N6O9P2/c11-9-14-7-6(8(17)15-9)13-4-16(7)10(12)2-1-5(24-10)3-23-27(21,22)25-26(18,19)20/h4-5H,1-3,12H2,(H,21,22)(H2,18,19,20)(H3,11,14,15,17)/t5-,10-/m0/s1. The van der Waals surface area contributed by atoms with Crippen molar-refractivity contribution in [2.24, 2.45) is 5.73 Å². The molecular weight excluding hydrogens is 410 g/mol. The van der Waals surface area contributed by atoms with Crippen LogP contribution in [0.5, 0.6) is 0 Å². The summed E-state index contributed by atoms with van der Waals surface area (Å²) in [4.78, 5) is 48.4. The summed E-state index contributed by atoms with van der Waals surface area (Å²) in [6, 6.07) is 0. The predicted octanol–water partition coefficient (Wildman–Crippen LogP) is -1.32. The second kappa shape index (κ2) is 6.74. The molecule has 2 aromatic heterocycles. The van der Waals surface area contributed by atoms with Gasteiger partial charge in [-0.1, -0.05) is 0 Å². The second-order valence-electron chi connectivity index (χ2n) is 5.70. The lowest BCUT2D eigenvalue weighted by atomic mass is 10.2. The van der Waals surface area contributed by atoms with Gasteiger partial charge in [-0.3, -0.25) is 24.6 Å². The van der Waals surface area contributed by atoms with Gasteiger partial charge in [0.15, 0.2) is 11.2 Å². The van der Waals surface area contributed by atoms with Crippen LogP contribution in [-0.2, 0) is 28.6 Å². The Morgan fingerprint density at radius 3 is 2.81 bits per heavy atom. The van der Waals surface area contributed by atoms with Gasteiger partial charge in [0.2, 0.25) is 11.8 Å². The van der Waals surface area contributed by atoms with Crippen LogP contribution in [0, 0.1) is 0 Å². The summed E-state index contributed by atoms with van der Waals surface area (Å²) in [6.07, 6.45) is 0.872. The zero-order valence-electron chi connectivity index (χ0n) is 13.5. The molecule has 3 rings (SSSR count). The number of H-pyrrole nitrogens is 1. The molecule has 1 unspecified atom stereocenters. The predicted molar refractivity (Wildman–Crippen MR) is 87.7 cm³/mol. The van der Waals surface area contributed by atoms with Gasteiger partial charge in [-0.05, 0) is 6.42 Å². The Balaban J connectivity index is 1.74. The van der Waals surface area contributed by atoms with Crippen molar-refractivity contribution in [1.29, 1.82) is 0 Å². The number of rotatable bonds is 6. The lowest BCUT2D eigenvalue weighted by Crippen LogP contribution is -2.43. The van der Waals surface area contributed by atoms with Crippen LogP contribution >= 0.6 is 15.6 Å². The minimum atomic E-state index is -5.22. The van der Waals surface area contributed by atoms with Crippen molar-refractivity contribution < 1.29 is 37.4 Å². The summed E-state index contributed by atoms with van der Waals surface area (Å²) in [7, 11) is -10.2. The summed E-state index contributed by atoms with van der Waals surface area (Å²) >= 11 is 0. The van der Waals surface area contributed by atoms with Crippen LogP contribution in [0.1, 0.15) is 12.8 Å². The molecule has 150 valence electrons. The van der Waals surface area contributed by atoms with Gasteiger partial charge in [0.05, 0.1) is 12.7 Å². The highest BCUT2D eigenvalue weighted by atomic mass is 31.3. The SMILES string of the molecule is Nc1nc2c(ncn2[C@@]2(N)CC[C@@H](COP(=O)(O)OP(=O)(O)O)O2)c(=O)[nH]1. The number of fused-ring (bicyclic) bond motifs is 1. The Morgan fingerprint density at radius 2 is 2.15 bits per heavy atom. The molecule has 1 fully saturated rings. The number of hydrogen-bond donors (Lipinski definition) is 6. The molecule has 15 nitrogen and oxygen atoms in total. The number of nitrogens with two attached hydrogens (primary N) is 2. The van der Waals surface area contributed by atoms with Crippen LogP contribution in [0.3, 0.4) is 0 Å². The fourth-order valence-electron chi connectivity index (χ4n) is 2.61. The van der Waals surface area contributed by atoms with E-state index in [2.05, 4.69) is 23.8 Å². The van der Waals surface area contributed by atoms with Gasteiger partial charge in [-0.25, -0.2) is 14.1 Å². The van der Waals surface area contributed by atoms with Crippen LogP contribution in [0.15, 0.2) is 11.1 Å². The van der Waals surface area contributed by atoms with E-state index in [-0.39, 0.29) is 30.0 Å². The molecule has 0 spiro atoms. The molecule has 0 amide bonds. The summed E-state index contributed by atoms with van der Waals surface area (Å²) in [6.45, 7) is -0.532. The molecule has 0 aromatic carbocycles. The number of nitrogens with one attached hydrogen (secondary N) is 1. The topological polar surface area (TPSA) is 238 Å². The first kappa shape index (κ1) is 20.1. The zero-order valence-corrected chi connectivity index (χ0v) is 15.2. The lowest BCUT2D eigenvalue weighted by molar-refractivity contribution is -0.103. The van der Waals surface area contributed by atoms with E-state index >= 15 is 0 Å². The first-order valence-corrected chi connectivity index (χ1v) is 10.4. The number of phosphoric acid groups is 2. The average Bonchev–Trinajstić information content (AvgIpc) is 3.07. The molecule has 1 aliphatic heterocycles. The summed E-state index contributed by atoms with van der Waals surface area (Å²) in [5, 5.41) is 0. The number of nitrogen functional groups attached to an aromatic ring is 1. The average molecular weight is 426 g/mol. The molecule has 0 radical (unpaired) electrons. The van der Waals surface area contributed by atoms with Crippen LogP contribution in [0.2, 0.25) is 0 Å². The third-order valence-corrected chi connectivity index (χ3v) is 5.81. The molecule has 3 atom stereocenters. The van der Waals surface area contributed by atoms with Gasteiger partial charge in [-0.2, -0.15) is 9.29 Å². The Labute approximate surface area is 150 Å². The van der Waals surface area contributed by atoms with E-state index in [4.69, 9.17) is 26.0 Å². The van der Waals surface area contributed by atoms with Crippen molar-refractivity contribution in [3.05, 3.63) is 16.7 Å². The maximum Gasteiger partial charge on any atom is 0.481 e. The van der Waals surface area contributed by atoms with Crippen LogP contribution < -0.4 is 17.0 Å². The van der Waals surface area contributed by atoms with Gasteiger partial charge in [-0.15, -0.1) is 0 Å². The van der Waals surface area contributed by atoms with Gasteiger partial charge in [0.25, 0.3) is 5.56 Å². The van der Waals surface area contributed by atoms with E-state index in [0.717, 1.165) is 0 Å². The molecular formula is C10H16N6O9P2. The number of phosphoric ester groups is 1. The smallest absolute Gasteiger partial charge is 0.369 e. The Bertz CT molecular complexity index is 1020. The molecule has 8 N–H and O–H groups in total. The maximum absolute atomic E-state index is 11.8. The number of anilines is 1. The number of hydrogen-bond acceptors (Lipinski definition) is 10. The van der Waals surface area contributed by atoms with E-state index in [9.17, 15) is 18.8 Å². The van der Waals surface area contributed by atoms with Gasteiger partial charge >= 0.3 is 15.6 Å². The Morgan fingerprint density at radius 1 is 1.44 bits per heavy atom. The lowest BCUT2D eigenvalue weighted by Gasteiger charge is -2.26. The number of aromatic amines is 1. The first-order valence-electron chi connectivity index (χ1n) is 7.33. The van der Waals surface area contributed by atoms with E-state index in [0.29, 0.717) is 0 Å². The molecule has 3 heterocycles. The van der Waals surface area contributed by atoms with E-state index in [1.165, 1.54) is 10.9 Å². The van der Waals surface area contributed by atoms with Crippen molar-refractivity contribution >= 4 is 32.8 Å². The Kier molecular flexibility index (Phi) is 5.01. The normalized spacial score (nSPS) is 25.7. The molecule has 2 aromatic rings. The van der Waals surface area contributed by atoms with Crippen LogP contribution in [-0.4, -0.2) is 46.9 Å². The van der Waals surface area contributed by atoms with E-state index in [1.807, 2.05) is 0 Å². The maximum atomic E-state index is 11.8.